The highest BCUT2D eigenvalue weighted by atomic mass is 32.1. The summed E-state index contributed by atoms with van der Waals surface area (Å²) in [5, 5.41) is 12.9. The summed E-state index contributed by atoms with van der Waals surface area (Å²) in [6.45, 7) is 3.44. The van der Waals surface area contributed by atoms with Crippen LogP contribution in [0, 0.1) is 0 Å². The number of benzene rings is 1. The minimum atomic E-state index is -1.22. The summed E-state index contributed by atoms with van der Waals surface area (Å²) in [6.07, 6.45) is 1.09. The van der Waals surface area contributed by atoms with Gasteiger partial charge < -0.3 is 10.4 Å². The van der Waals surface area contributed by atoms with Gasteiger partial charge in [0.05, 0.1) is 4.88 Å². The van der Waals surface area contributed by atoms with Crippen LogP contribution in [0.5, 0.6) is 0 Å². The Balaban J connectivity index is 2.24. The Kier molecular flexibility index (Phi) is 4.09. The summed E-state index contributed by atoms with van der Waals surface area (Å²) < 4.78 is 1.02. The van der Waals surface area contributed by atoms with Crippen molar-refractivity contribution >= 4 is 33.3 Å². The van der Waals surface area contributed by atoms with Crippen molar-refractivity contribution in [1.29, 1.82) is 0 Å². The van der Waals surface area contributed by atoms with Gasteiger partial charge in [-0.05, 0) is 30.9 Å². The van der Waals surface area contributed by atoms with Crippen molar-refractivity contribution in [2.45, 2.75) is 32.2 Å². The lowest BCUT2D eigenvalue weighted by Crippen LogP contribution is -2.51. The van der Waals surface area contributed by atoms with E-state index in [-0.39, 0.29) is 5.91 Å². The quantitative estimate of drug-likeness (QED) is 0.888. The van der Waals surface area contributed by atoms with E-state index in [0.717, 1.165) is 10.1 Å². The normalized spacial score (nSPS) is 13.9. The second-order valence-corrected chi connectivity index (χ2v) is 6.07. The van der Waals surface area contributed by atoms with Gasteiger partial charge in [-0.1, -0.05) is 31.5 Å². The van der Waals surface area contributed by atoms with Gasteiger partial charge in [0.1, 0.15) is 5.54 Å². The largest absolute Gasteiger partial charge is 0.480 e. The molecule has 0 radical (unpaired) electrons. The molecule has 1 amide bonds. The summed E-state index contributed by atoms with van der Waals surface area (Å²) in [4.78, 5) is 24.1. The first-order valence-corrected chi connectivity index (χ1v) is 7.32. The van der Waals surface area contributed by atoms with Gasteiger partial charge in [-0.2, -0.15) is 0 Å². The highest BCUT2D eigenvalue weighted by Gasteiger charge is 2.34. The number of carbonyl (C=O) groups excluding carboxylic acids is 1. The average molecular weight is 291 g/mol. The molecule has 1 unspecified atom stereocenters. The summed E-state index contributed by atoms with van der Waals surface area (Å²) >= 11 is 1.37. The fourth-order valence-electron chi connectivity index (χ4n) is 2.13. The van der Waals surface area contributed by atoms with Crippen LogP contribution in [0.2, 0.25) is 0 Å². The third-order valence-corrected chi connectivity index (χ3v) is 4.38. The fourth-order valence-corrected chi connectivity index (χ4v) is 3.09. The lowest BCUT2D eigenvalue weighted by atomic mass is 9.96. The molecular formula is C15H17NO3S. The number of hydrogen-bond acceptors (Lipinski definition) is 3. The molecule has 4 nitrogen and oxygen atoms in total. The number of carboxylic acid groups (broad SMARTS) is 1. The predicted octanol–water partition coefficient (Wildman–Crippen LogP) is 3.27. The van der Waals surface area contributed by atoms with Gasteiger partial charge in [-0.25, -0.2) is 4.79 Å². The van der Waals surface area contributed by atoms with Crippen molar-refractivity contribution in [3.63, 3.8) is 0 Å². The Labute approximate surface area is 121 Å². The third kappa shape index (κ3) is 2.82. The second kappa shape index (κ2) is 5.63. The molecule has 0 spiro atoms. The maximum atomic E-state index is 12.2. The van der Waals surface area contributed by atoms with Crippen LogP contribution in [0.15, 0.2) is 30.3 Å². The maximum absolute atomic E-state index is 12.2. The number of rotatable bonds is 5. The van der Waals surface area contributed by atoms with E-state index < -0.39 is 11.5 Å². The zero-order valence-corrected chi connectivity index (χ0v) is 12.3. The zero-order chi connectivity index (χ0) is 14.8. The number of nitrogens with one attached hydrogen (secondary N) is 1. The van der Waals surface area contributed by atoms with E-state index >= 15 is 0 Å². The van der Waals surface area contributed by atoms with Crippen LogP contribution >= 0.6 is 11.3 Å². The molecule has 20 heavy (non-hydrogen) atoms. The summed E-state index contributed by atoms with van der Waals surface area (Å²) in [5.41, 5.74) is -1.22. The first-order valence-electron chi connectivity index (χ1n) is 6.51. The number of carbonyl (C=O) groups is 2. The molecule has 0 fully saturated rings. The van der Waals surface area contributed by atoms with E-state index in [1.165, 1.54) is 11.3 Å². The third-order valence-electron chi connectivity index (χ3n) is 3.26. The monoisotopic (exact) mass is 291 g/mol. The summed E-state index contributed by atoms with van der Waals surface area (Å²) in [5.74, 6) is -1.33. The number of thiophene rings is 1. The molecule has 1 aromatic heterocycles. The Hall–Kier alpha value is -1.88. The molecule has 2 aromatic rings. The van der Waals surface area contributed by atoms with Crippen molar-refractivity contribution < 1.29 is 14.7 Å². The van der Waals surface area contributed by atoms with Gasteiger partial charge >= 0.3 is 5.97 Å². The van der Waals surface area contributed by atoms with E-state index in [1.807, 2.05) is 31.2 Å². The molecule has 1 aromatic carbocycles. The first-order chi connectivity index (χ1) is 9.46. The van der Waals surface area contributed by atoms with Gasteiger partial charge in [0, 0.05) is 4.70 Å². The molecule has 2 N–H and O–H groups in total. The lowest BCUT2D eigenvalue weighted by Gasteiger charge is -2.25. The van der Waals surface area contributed by atoms with E-state index in [2.05, 4.69) is 5.32 Å². The topological polar surface area (TPSA) is 66.4 Å². The maximum Gasteiger partial charge on any atom is 0.329 e. The molecule has 1 atom stereocenters. The molecule has 0 bridgehead atoms. The molecule has 2 rings (SSSR count). The number of amides is 1. The predicted molar refractivity (Wildman–Crippen MR) is 80.2 cm³/mol. The molecule has 0 aliphatic carbocycles. The minimum absolute atomic E-state index is 0.329. The lowest BCUT2D eigenvalue weighted by molar-refractivity contribution is -0.144. The van der Waals surface area contributed by atoms with Crippen LogP contribution in [0.1, 0.15) is 36.4 Å². The van der Waals surface area contributed by atoms with Crippen LogP contribution in [0.25, 0.3) is 10.1 Å². The molecule has 106 valence electrons. The van der Waals surface area contributed by atoms with Crippen LogP contribution in [-0.2, 0) is 4.79 Å². The van der Waals surface area contributed by atoms with Gasteiger partial charge in [-0.15, -0.1) is 11.3 Å². The number of hydrogen-bond donors (Lipinski definition) is 2. The average Bonchev–Trinajstić information content (AvgIpc) is 2.82. The molecule has 0 saturated heterocycles. The number of fused-ring (bicyclic) bond motifs is 1. The van der Waals surface area contributed by atoms with Crippen molar-refractivity contribution in [2.75, 3.05) is 0 Å². The number of carboxylic acids is 1. The molecule has 0 aliphatic heterocycles. The Morgan fingerprint density at radius 2 is 2.05 bits per heavy atom. The van der Waals surface area contributed by atoms with E-state index in [9.17, 15) is 14.7 Å². The highest BCUT2D eigenvalue weighted by Crippen LogP contribution is 2.26. The summed E-state index contributed by atoms with van der Waals surface area (Å²) in [6, 6.07) is 9.50. The molecule has 1 heterocycles. The molecule has 0 aliphatic rings. The van der Waals surface area contributed by atoms with Crippen LogP contribution in [0.4, 0.5) is 0 Å². The standard InChI is InChI=1S/C15H17NO3S/c1-3-8-15(2,14(18)19)16-13(17)12-9-10-6-4-5-7-11(10)20-12/h4-7,9H,3,8H2,1-2H3,(H,16,17)(H,18,19). The Bertz CT molecular complexity index is 616. The Morgan fingerprint density at radius 3 is 2.65 bits per heavy atom. The van der Waals surface area contributed by atoms with Crippen LogP contribution < -0.4 is 5.32 Å². The van der Waals surface area contributed by atoms with Crippen molar-refractivity contribution in [1.82, 2.24) is 5.32 Å². The second-order valence-electron chi connectivity index (χ2n) is 4.99. The van der Waals surface area contributed by atoms with Crippen LogP contribution in [-0.4, -0.2) is 22.5 Å². The summed E-state index contributed by atoms with van der Waals surface area (Å²) in [7, 11) is 0. The van der Waals surface area contributed by atoms with Gasteiger partial charge in [-0.3, -0.25) is 4.79 Å². The minimum Gasteiger partial charge on any atom is -0.480 e. The smallest absolute Gasteiger partial charge is 0.329 e. The Morgan fingerprint density at radius 1 is 1.35 bits per heavy atom. The van der Waals surface area contributed by atoms with Gasteiger partial charge in [0.25, 0.3) is 5.91 Å². The molecular weight excluding hydrogens is 274 g/mol. The van der Waals surface area contributed by atoms with E-state index in [1.54, 1.807) is 13.0 Å². The molecule has 0 saturated carbocycles. The molecule has 5 heteroatoms. The van der Waals surface area contributed by atoms with Crippen molar-refractivity contribution in [2.24, 2.45) is 0 Å². The zero-order valence-electron chi connectivity index (χ0n) is 11.5. The number of aliphatic carboxylic acids is 1. The SMILES string of the molecule is CCCC(C)(NC(=O)c1cc2ccccc2s1)C(=O)O. The van der Waals surface area contributed by atoms with Gasteiger partial charge in [0.15, 0.2) is 0 Å². The fraction of sp³-hybridized carbons (Fsp3) is 0.333. The van der Waals surface area contributed by atoms with E-state index in [4.69, 9.17) is 0 Å². The highest BCUT2D eigenvalue weighted by molar-refractivity contribution is 7.20. The van der Waals surface area contributed by atoms with Gasteiger partial charge in [0.2, 0.25) is 0 Å². The van der Waals surface area contributed by atoms with Crippen molar-refractivity contribution in [3.05, 3.63) is 35.2 Å². The van der Waals surface area contributed by atoms with E-state index in [0.29, 0.717) is 17.7 Å². The first kappa shape index (κ1) is 14.5. The van der Waals surface area contributed by atoms with Crippen molar-refractivity contribution in [3.8, 4) is 0 Å². The van der Waals surface area contributed by atoms with Crippen LogP contribution in [0.3, 0.4) is 0 Å².